The van der Waals surface area contributed by atoms with Gasteiger partial charge in [-0.3, -0.25) is 4.99 Å². The maximum atomic E-state index is 13.2. The smallest absolute Gasteiger partial charge is 0.373 e. The highest BCUT2D eigenvalue weighted by Crippen LogP contribution is 2.41. The average Bonchev–Trinajstić information content (AvgIpc) is 3.15. The first-order valence-corrected chi connectivity index (χ1v) is 9.24. The summed E-state index contributed by atoms with van der Waals surface area (Å²) in [5, 5.41) is 6.54. The summed E-state index contributed by atoms with van der Waals surface area (Å²) in [6.45, 7) is 2.90. The van der Waals surface area contributed by atoms with Crippen LogP contribution in [0.5, 0.6) is 0 Å². The molecule has 1 saturated carbocycles. The molecule has 8 heteroatoms. The molecule has 2 saturated heterocycles. The van der Waals surface area contributed by atoms with E-state index in [1.54, 1.807) is 0 Å². The Morgan fingerprint density at radius 3 is 2.52 bits per heavy atom. The summed E-state index contributed by atoms with van der Waals surface area (Å²) < 4.78 is 45.4. The van der Waals surface area contributed by atoms with Crippen LogP contribution in [0.4, 0.5) is 13.2 Å². The van der Waals surface area contributed by atoms with Crippen molar-refractivity contribution in [3.05, 3.63) is 0 Å². The molecule has 0 amide bonds. The second kappa shape index (κ2) is 9.10. The summed E-state index contributed by atoms with van der Waals surface area (Å²) in [5.41, 5.74) is 0. The Labute approximate surface area is 164 Å². The number of hydrogen-bond acceptors (Lipinski definition) is 2. The lowest BCUT2D eigenvalue weighted by Gasteiger charge is -2.32. The van der Waals surface area contributed by atoms with Crippen LogP contribution in [0.3, 0.4) is 0 Å². The zero-order valence-electron chi connectivity index (χ0n) is 14.6. The SMILES string of the molecule is CCNC(=NCC1CCCCC1C(F)(F)F)NC1CC2CCC1O2.I. The largest absolute Gasteiger partial charge is 0.392 e. The van der Waals surface area contributed by atoms with Crippen molar-refractivity contribution >= 4 is 29.9 Å². The summed E-state index contributed by atoms with van der Waals surface area (Å²) in [5.74, 6) is -0.973. The molecule has 4 nitrogen and oxygen atoms in total. The fourth-order valence-corrected chi connectivity index (χ4v) is 4.35. The molecule has 2 bridgehead atoms. The number of ether oxygens (including phenoxy) is 1. The number of hydrogen-bond donors (Lipinski definition) is 2. The Balaban J connectivity index is 0.00000225. The third-order valence-corrected chi connectivity index (χ3v) is 5.59. The fraction of sp³-hybridized carbons (Fsp3) is 0.941. The van der Waals surface area contributed by atoms with Gasteiger partial charge in [-0.2, -0.15) is 13.2 Å². The van der Waals surface area contributed by atoms with Gasteiger partial charge in [0, 0.05) is 13.1 Å². The number of nitrogens with zero attached hydrogens (tertiary/aromatic N) is 1. The first-order chi connectivity index (χ1) is 11.5. The normalized spacial score (nSPS) is 35.4. The van der Waals surface area contributed by atoms with Crippen molar-refractivity contribution in [3.63, 3.8) is 0 Å². The van der Waals surface area contributed by atoms with Crippen molar-refractivity contribution in [3.8, 4) is 0 Å². The zero-order valence-corrected chi connectivity index (χ0v) is 17.0. The van der Waals surface area contributed by atoms with Crippen LogP contribution in [0.25, 0.3) is 0 Å². The molecule has 3 fully saturated rings. The van der Waals surface area contributed by atoms with Gasteiger partial charge in [0.1, 0.15) is 0 Å². The number of alkyl halides is 3. The molecule has 0 aromatic rings. The predicted molar refractivity (Wildman–Crippen MR) is 102 cm³/mol. The van der Waals surface area contributed by atoms with Gasteiger partial charge in [0.15, 0.2) is 5.96 Å². The number of guanidine groups is 1. The number of aliphatic imine (C=N–C) groups is 1. The average molecular weight is 475 g/mol. The van der Waals surface area contributed by atoms with E-state index in [1.807, 2.05) is 6.92 Å². The molecule has 2 N–H and O–H groups in total. The van der Waals surface area contributed by atoms with Gasteiger partial charge in [-0.1, -0.05) is 12.8 Å². The van der Waals surface area contributed by atoms with Crippen LogP contribution >= 0.6 is 24.0 Å². The molecule has 2 aliphatic heterocycles. The molecule has 2 heterocycles. The molecule has 1 aliphatic carbocycles. The molecule has 0 aromatic heterocycles. The molecule has 146 valence electrons. The van der Waals surface area contributed by atoms with Gasteiger partial charge in [0.25, 0.3) is 0 Å². The monoisotopic (exact) mass is 475 g/mol. The molecule has 5 atom stereocenters. The van der Waals surface area contributed by atoms with E-state index < -0.39 is 18.0 Å². The van der Waals surface area contributed by atoms with Crippen LogP contribution in [0, 0.1) is 11.8 Å². The van der Waals surface area contributed by atoms with Crippen LogP contribution in [0.1, 0.15) is 51.9 Å². The summed E-state index contributed by atoms with van der Waals surface area (Å²) >= 11 is 0. The third-order valence-electron chi connectivity index (χ3n) is 5.59. The van der Waals surface area contributed by atoms with Crippen molar-refractivity contribution in [2.75, 3.05) is 13.1 Å². The van der Waals surface area contributed by atoms with Gasteiger partial charge in [0.2, 0.25) is 0 Å². The lowest BCUT2D eigenvalue weighted by Crippen LogP contribution is -2.47. The van der Waals surface area contributed by atoms with Crippen LogP contribution in [0.15, 0.2) is 4.99 Å². The first-order valence-electron chi connectivity index (χ1n) is 9.24. The quantitative estimate of drug-likeness (QED) is 0.369. The van der Waals surface area contributed by atoms with Crippen molar-refractivity contribution in [1.29, 1.82) is 0 Å². The highest BCUT2D eigenvalue weighted by molar-refractivity contribution is 14.0. The molecule has 0 radical (unpaired) electrons. The number of rotatable bonds is 4. The Hall–Kier alpha value is -0.250. The maximum Gasteiger partial charge on any atom is 0.392 e. The second-order valence-corrected chi connectivity index (χ2v) is 7.27. The van der Waals surface area contributed by atoms with E-state index in [-0.39, 0.29) is 49.1 Å². The topological polar surface area (TPSA) is 45.7 Å². The molecule has 3 rings (SSSR count). The van der Waals surface area contributed by atoms with Gasteiger partial charge in [0.05, 0.1) is 24.2 Å². The minimum atomic E-state index is -4.11. The van der Waals surface area contributed by atoms with Crippen molar-refractivity contribution in [1.82, 2.24) is 10.6 Å². The zero-order chi connectivity index (χ0) is 17.2. The van der Waals surface area contributed by atoms with Crippen LogP contribution < -0.4 is 10.6 Å². The van der Waals surface area contributed by atoms with Crippen LogP contribution in [0.2, 0.25) is 0 Å². The van der Waals surface area contributed by atoms with E-state index in [9.17, 15) is 13.2 Å². The van der Waals surface area contributed by atoms with Crippen LogP contribution in [-0.2, 0) is 4.74 Å². The maximum absolute atomic E-state index is 13.2. The number of halogens is 4. The fourth-order valence-electron chi connectivity index (χ4n) is 4.35. The molecule has 25 heavy (non-hydrogen) atoms. The Kier molecular flexibility index (Phi) is 7.67. The van der Waals surface area contributed by atoms with Crippen molar-refractivity contribution in [2.45, 2.75) is 76.3 Å². The Morgan fingerprint density at radius 2 is 1.92 bits per heavy atom. The summed E-state index contributed by atoms with van der Waals surface area (Å²) in [7, 11) is 0. The van der Waals surface area contributed by atoms with E-state index in [0.29, 0.717) is 31.4 Å². The predicted octanol–water partition coefficient (Wildman–Crippen LogP) is 3.85. The molecular weight excluding hydrogens is 446 g/mol. The second-order valence-electron chi connectivity index (χ2n) is 7.27. The van der Waals surface area contributed by atoms with E-state index in [2.05, 4.69) is 15.6 Å². The van der Waals surface area contributed by atoms with E-state index in [4.69, 9.17) is 4.74 Å². The number of nitrogens with one attached hydrogen (secondary N) is 2. The molecule has 5 unspecified atom stereocenters. The van der Waals surface area contributed by atoms with Gasteiger partial charge in [-0.15, -0.1) is 24.0 Å². The summed E-state index contributed by atoms with van der Waals surface area (Å²) in [4.78, 5) is 4.49. The summed E-state index contributed by atoms with van der Waals surface area (Å²) in [6.07, 6.45) is 1.99. The van der Waals surface area contributed by atoms with Gasteiger partial charge < -0.3 is 15.4 Å². The lowest BCUT2D eigenvalue weighted by molar-refractivity contribution is -0.195. The van der Waals surface area contributed by atoms with Gasteiger partial charge in [-0.25, -0.2) is 0 Å². The lowest BCUT2D eigenvalue weighted by atomic mass is 9.79. The third kappa shape index (κ3) is 5.37. The highest BCUT2D eigenvalue weighted by atomic mass is 127. The minimum absolute atomic E-state index is 0. The Morgan fingerprint density at radius 1 is 1.16 bits per heavy atom. The number of fused-ring (bicyclic) bond motifs is 2. The molecule has 0 spiro atoms. The minimum Gasteiger partial charge on any atom is -0.373 e. The van der Waals surface area contributed by atoms with Crippen molar-refractivity contribution < 1.29 is 17.9 Å². The van der Waals surface area contributed by atoms with Gasteiger partial charge in [-0.05, 0) is 44.9 Å². The molecule has 0 aromatic carbocycles. The highest BCUT2D eigenvalue weighted by Gasteiger charge is 2.45. The van der Waals surface area contributed by atoms with E-state index >= 15 is 0 Å². The van der Waals surface area contributed by atoms with Crippen molar-refractivity contribution in [2.24, 2.45) is 16.8 Å². The first kappa shape index (κ1) is 21.1. The van der Waals surface area contributed by atoms with E-state index in [1.165, 1.54) is 0 Å². The van der Waals surface area contributed by atoms with E-state index in [0.717, 1.165) is 25.7 Å². The standard InChI is InChI=1S/C17H28F3N3O.HI/c1-2-21-16(23-14-9-12-7-8-15(14)24-12)22-10-11-5-3-4-6-13(11)17(18,19)20;/h11-15H,2-10H2,1H3,(H2,21,22,23);1H. The molecular formula is C17H29F3IN3O. The van der Waals surface area contributed by atoms with Crippen LogP contribution in [-0.4, -0.2) is 43.5 Å². The summed E-state index contributed by atoms with van der Waals surface area (Å²) in [6, 6.07) is 0.228. The molecule has 3 aliphatic rings. The Bertz CT molecular complexity index is 461. The van der Waals surface area contributed by atoms with Gasteiger partial charge >= 0.3 is 6.18 Å².